The van der Waals surface area contributed by atoms with Gasteiger partial charge in [-0.3, -0.25) is 9.20 Å². The van der Waals surface area contributed by atoms with Crippen molar-refractivity contribution in [2.75, 3.05) is 33.1 Å². The zero-order valence-corrected chi connectivity index (χ0v) is 19.4. The van der Waals surface area contributed by atoms with Gasteiger partial charge in [-0.25, -0.2) is 0 Å². The molecule has 0 aliphatic heterocycles. The van der Waals surface area contributed by atoms with Crippen molar-refractivity contribution in [3.8, 4) is 11.5 Å². The molecule has 0 fully saturated rings. The molecular formula is C20H28IN3O3S. The van der Waals surface area contributed by atoms with Crippen molar-refractivity contribution in [3.05, 3.63) is 59.7 Å². The first-order valence-corrected chi connectivity index (χ1v) is 10.2. The Hall–Kier alpha value is -1.81. The average Bonchev–Trinajstić information content (AvgIpc) is 2.68. The highest BCUT2D eigenvalue weighted by Crippen LogP contribution is 2.27. The first kappa shape index (κ1) is 24.2. The Morgan fingerprint density at radius 2 is 1.79 bits per heavy atom. The molecule has 2 rings (SSSR count). The van der Waals surface area contributed by atoms with Gasteiger partial charge < -0.3 is 20.5 Å². The highest BCUT2D eigenvalue weighted by atomic mass is 127. The first-order valence-electron chi connectivity index (χ1n) is 8.76. The Labute approximate surface area is 186 Å². The topological polar surface area (TPSA) is 85.9 Å². The van der Waals surface area contributed by atoms with Crippen molar-refractivity contribution in [3.63, 3.8) is 0 Å². The van der Waals surface area contributed by atoms with E-state index in [2.05, 4.69) is 10.3 Å². The standard InChI is InChI=1S/C20H27N3O3S.HI/c1-25-18-9-8-16(14-19(18)26-2)10-11-22-20(21)23-12-13-27(24)15-17-6-4-3-5-7-17;/h3-9,14H,10-13,15H2,1-2H3,(H3,21,22,23);1H. The number of nitrogens with one attached hydrogen (secondary N) is 1. The first-order chi connectivity index (χ1) is 13.1. The van der Waals surface area contributed by atoms with E-state index in [0.29, 0.717) is 42.1 Å². The van der Waals surface area contributed by atoms with Gasteiger partial charge in [0.2, 0.25) is 0 Å². The zero-order chi connectivity index (χ0) is 19.5. The van der Waals surface area contributed by atoms with Crippen LogP contribution >= 0.6 is 24.0 Å². The minimum absolute atomic E-state index is 0. The Bertz CT molecular complexity index is 773. The largest absolute Gasteiger partial charge is 0.493 e. The van der Waals surface area contributed by atoms with Crippen LogP contribution in [0.4, 0.5) is 0 Å². The molecule has 6 nitrogen and oxygen atoms in total. The lowest BCUT2D eigenvalue weighted by Gasteiger charge is -2.10. The van der Waals surface area contributed by atoms with Crippen molar-refractivity contribution in [2.24, 2.45) is 10.7 Å². The van der Waals surface area contributed by atoms with Gasteiger partial charge in [-0.2, -0.15) is 0 Å². The molecule has 154 valence electrons. The third-order valence-corrected chi connectivity index (χ3v) is 5.23. The SMILES string of the molecule is COc1ccc(CCNC(N)=NCCS(=O)Cc2ccccc2)cc1OC.I. The van der Waals surface area contributed by atoms with Crippen LogP contribution in [0, 0.1) is 0 Å². The summed E-state index contributed by atoms with van der Waals surface area (Å²) < 4.78 is 22.6. The van der Waals surface area contributed by atoms with Crippen LogP contribution in [0.3, 0.4) is 0 Å². The number of ether oxygens (including phenoxy) is 2. The van der Waals surface area contributed by atoms with Crippen molar-refractivity contribution in [1.29, 1.82) is 0 Å². The number of guanidine groups is 1. The molecule has 0 heterocycles. The summed E-state index contributed by atoms with van der Waals surface area (Å²) in [6.07, 6.45) is 0.774. The van der Waals surface area contributed by atoms with Gasteiger partial charge in [-0.15, -0.1) is 24.0 Å². The van der Waals surface area contributed by atoms with Gasteiger partial charge in [0.05, 0.1) is 20.8 Å². The smallest absolute Gasteiger partial charge is 0.188 e. The van der Waals surface area contributed by atoms with E-state index in [1.54, 1.807) is 14.2 Å². The van der Waals surface area contributed by atoms with Gasteiger partial charge in [-0.1, -0.05) is 36.4 Å². The van der Waals surface area contributed by atoms with Gasteiger partial charge >= 0.3 is 0 Å². The number of hydrogen-bond acceptors (Lipinski definition) is 4. The van der Waals surface area contributed by atoms with Crippen LogP contribution in [0.5, 0.6) is 11.5 Å². The maximum Gasteiger partial charge on any atom is 0.188 e. The number of hydrogen-bond donors (Lipinski definition) is 2. The van der Waals surface area contributed by atoms with Gasteiger partial charge in [0.25, 0.3) is 0 Å². The average molecular weight is 517 g/mol. The van der Waals surface area contributed by atoms with Crippen molar-refractivity contribution >= 4 is 40.7 Å². The number of rotatable bonds is 10. The van der Waals surface area contributed by atoms with E-state index < -0.39 is 10.8 Å². The van der Waals surface area contributed by atoms with E-state index in [1.807, 2.05) is 48.5 Å². The van der Waals surface area contributed by atoms with E-state index in [9.17, 15) is 4.21 Å². The minimum atomic E-state index is -0.946. The van der Waals surface area contributed by atoms with Crippen molar-refractivity contribution in [1.82, 2.24) is 5.32 Å². The fourth-order valence-electron chi connectivity index (χ4n) is 2.53. The summed E-state index contributed by atoms with van der Waals surface area (Å²) in [6.45, 7) is 1.09. The summed E-state index contributed by atoms with van der Waals surface area (Å²) in [6, 6.07) is 15.6. The molecule has 0 amide bonds. The van der Waals surface area contributed by atoms with E-state index in [4.69, 9.17) is 15.2 Å². The summed E-state index contributed by atoms with van der Waals surface area (Å²) in [5, 5.41) is 3.08. The van der Waals surface area contributed by atoms with E-state index in [-0.39, 0.29) is 24.0 Å². The third kappa shape index (κ3) is 8.47. The molecule has 3 N–H and O–H groups in total. The number of aliphatic imine (C=N–C) groups is 1. The summed E-state index contributed by atoms with van der Waals surface area (Å²) in [5.41, 5.74) is 8.05. The molecule has 0 saturated heterocycles. The molecule has 1 unspecified atom stereocenters. The molecule has 2 aromatic rings. The van der Waals surface area contributed by atoms with Crippen molar-refractivity contribution in [2.45, 2.75) is 12.2 Å². The molecule has 0 spiro atoms. The Balaban J connectivity index is 0.00000392. The highest BCUT2D eigenvalue weighted by Gasteiger charge is 2.05. The molecular weight excluding hydrogens is 489 g/mol. The summed E-state index contributed by atoms with van der Waals surface area (Å²) >= 11 is 0. The lowest BCUT2D eigenvalue weighted by molar-refractivity contribution is 0.354. The lowest BCUT2D eigenvalue weighted by atomic mass is 10.1. The number of halogens is 1. The third-order valence-electron chi connectivity index (χ3n) is 3.94. The fourth-order valence-corrected chi connectivity index (χ4v) is 3.53. The molecule has 0 aromatic heterocycles. The predicted molar refractivity (Wildman–Crippen MR) is 126 cm³/mol. The molecule has 0 aliphatic rings. The number of nitrogens with two attached hydrogens (primary N) is 1. The molecule has 8 heteroatoms. The van der Waals surface area contributed by atoms with Crippen LogP contribution in [0.1, 0.15) is 11.1 Å². The van der Waals surface area contributed by atoms with Crippen LogP contribution < -0.4 is 20.5 Å². The number of benzene rings is 2. The summed E-state index contributed by atoms with van der Waals surface area (Å²) in [4.78, 5) is 4.24. The molecule has 28 heavy (non-hydrogen) atoms. The fraction of sp³-hybridized carbons (Fsp3) is 0.350. The van der Waals surface area contributed by atoms with Gasteiger partial charge in [0, 0.05) is 28.9 Å². The van der Waals surface area contributed by atoms with Gasteiger partial charge in [-0.05, 0) is 29.7 Å². The normalized spacial score (nSPS) is 12.0. The molecule has 1 atom stereocenters. The quantitative estimate of drug-likeness (QED) is 0.288. The Morgan fingerprint density at radius 1 is 1.07 bits per heavy atom. The Morgan fingerprint density at radius 3 is 2.46 bits per heavy atom. The second-order valence-electron chi connectivity index (χ2n) is 5.91. The summed E-state index contributed by atoms with van der Waals surface area (Å²) in [5.74, 6) is 2.82. The molecule has 0 radical (unpaired) electrons. The highest BCUT2D eigenvalue weighted by molar-refractivity contribution is 14.0. The van der Waals surface area contributed by atoms with Gasteiger partial charge in [0.1, 0.15) is 0 Å². The number of nitrogens with zero attached hydrogens (tertiary/aromatic N) is 1. The Kier molecular flexibility index (Phi) is 11.6. The molecule has 2 aromatic carbocycles. The van der Waals surface area contributed by atoms with Crippen LogP contribution in [0.15, 0.2) is 53.5 Å². The van der Waals surface area contributed by atoms with Gasteiger partial charge in [0.15, 0.2) is 17.5 Å². The molecule has 0 bridgehead atoms. The van der Waals surface area contributed by atoms with Crippen LogP contribution in [-0.2, 0) is 23.0 Å². The second kappa shape index (κ2) is 13.4. The van der Waals surface area contributed by atoms with Crippen LogP contribution in [0.25, 0.3) is 0 Å². The lowest BCUT2D eigenvalue weighted by Crippen LogP contribution is -2.33. The molecule has 0 saturated carbocycles. The number of methoxy groups -OCH3 is 2. The van der Waals surface area contributed by atoms with Crippen LogP contribution in [0.2, 0.25) is 0 Å². The van der Waals surface area contributed by atoms with Crippen LogP contribution in [-0.4, -0.2) is 43.2 Å². The maximum absolute atomic E-state index is 12.1. The van der Waals surface area contributed by atoms with E-state index >= 15 is 0 Å². The van der Waals surface area contributed by atoms with E-state index in [1.165, 1.54) is 0 Å². The maximum atomic E-state index is 12.1. The minimum Gasteiger partial charge on any atom is -0.493 e. The monoisotopic (exact) mass is 517 g/mol. The van der Waals surface area contributed by atoms with Crippen molar-refractivity contribution < 1.29 is 13.7 Å². The summed E-state index contributed by atoms with van der Waals surface area (Å²) in [7, 11) is 2.29. The predicted octanol–water partition coefficient (Wildman–Crippen LogP) is 2.72. The van der Waals surface area contributed by atoms with E-state index in [0.717, 1.165) is 17.5 Å². The second-order valence-corrected chi connectivity index (χ2v) is 7.48. The molecule has 0 aliphatic carbocycles. The zero-order valence-electron chi connectivity index (χ0n) is 16.2.